The van der Waals surface area contributed by atoms with Gasteiger partial charge in [-0.3, -0.25) is 0 Å². The summed E-state index contributed by atoms with van der Waals surface area (Å²) >= 11 is 0. The van der Waals surface area contributed by atoms with Gasteiger partial charge in [0, 0.05) is 5.69 Å². The predicted molar refractivity (Wildman–Crippen MR) is 101 cm³/mol. The number of anilines is 1. The van der Waals surface area contributed by atoms with Crippen LogP contribution in [-0.4, -0.2) is 5.96 Å². The van der Waals surface area contributed by atoms with E-state index in [4.69, 9.17) is 5.73 Å². The van der Waals surface area contributed by atoms with Gasteiger partial charge in [0.1, 0.15) is 5.82 Å². The Morgan fingerprint density at radius 1 is 1.18 bits per heavy atom. The topological polar surface area (TPSA) is 50.4 Å². The number of nitrogens with two attached hydrogens (primary N) is 1. The molecule has 0 aromatic heterocycles. The fourth-order valence-electron chi connectivity index (χ4n) is 1.97. The smallest absolute Gasteiger partial charge is 0.193 e. The van der Waals surface area contributed by atoms with Gasteiger partial charge in [-0.2, -0.15) is 0 Å². The molecule has 0 spiro atoms. The van der Waals surface area contributed by atoms with Gasteiger partial charge in [0.25, 0.3) is 0 Å². The second kappa shape index (κ2) is 8.73. The Bertz CT molecular complexity index is 641. The van der Waals surface area contributed by atoms with E-state index in [1.165, 1.54) is 17.7 Å². The molecule has 2 aromatic carbocycles. The van der Waals surface area contributed by atoms with Gasteiger partial charge in [0.2, 0.25) is 0 Å². The standard InChI is InChI=1S/C17H20FN3.HI/c1-12(2)14-6-4-8-16(10-14)21-17(19)20-11-13-5-3-7-15(18)9-13;/h3-10,12H,11H2,1-2H3,(H3,19,20,21);1H. The Balaban J connectivity index is 0.00000242. The maximum Gasteiger partial charge on any atom is 0.193 e. The van der Waals surface area contributed by atoms with E-state index < -0.39 is 0 Å². The average molecular weight is 413 g/mol. The van der Waals surface area contributed by atoms with Crippen LogP contribution in [0.2, 0.25) is 0 Å². The van der Waals surface area contributed by atoms with Crippen LogP contribution in [0.4, 0.5) is 10.1 Å². The molecular formula is C17H21FIN3. The van der Waals surface area contributed by atoms with E-state index in [2.05, 4.69) is 36.3 Å². The second-order valence-corrected chi connectivity index (χ2v) is 5.24. The third kappa shape index (κ3) is 5.63. The minimum atomic E-state index is -0.265. The molecule has 2 rings (SSSR count). The van der Waals surface area contributed by atoms with E-state index in [0.717, 1.165) is 11.3 Å². The first kappa shape index (κ1) is 18.4. The lowest BCUT2D eigenvalue weighted by atomic mass is 10.0. The van der Waals surface area contributed by atoms with Crippen LogP contribution in [0.15, 0.2) is 53.5 Å². The molecule has 0 saturated carbocycles. The SMILES string of the molecule is CC(C)c1cccc(NC(N)=NCc2cccc(F)c2)c1.I. The van der Waals surface area contributed by atoms with Crippen LogP contribution < -0.4 is 11.1 Å². The fraction of sp³-hybridized carbons (Fsp3) is 0.235. The molecule has 0 fully saturated rings. The summed E-state index contributed by atoms with van der Waals surface area (Å²) < 4.78 is 13.1. The molecule has 2 aromatic rings. The lowest BCUT2D eigenvalue weighted by Gasteiger charge is -2.10. The molecule has 0 heterocycles. The van der Waals surface area contributed by atoms with Crippen molar-refractivity contribution in [1.82, 2.24) is 0 Å². The van der Waals surface area contributed by atoms with Crippen LogP contribution >= 0.6 is 24.0 Å². The zero-order valence-electron chi connectivity index (χ0n) is 12.7. The summed E-state index contributed by atoms with van der Waals surface area (Å²) in [6, 6.07) is 14.4. The van der Waals surface area contributed by atoms with Crippen molar-refractivity contribution in [2.24, 2.45) is 10.7 Å². The Morgan fingerprint density at radius 2 is 1.91 bits per heavy atom. The number of nitrogens with zero attached hydrogens (tertiary/aromatic N) is 1. The van der Waals surface area contributed by atoms with Crippen LogP contribution in [0.3, 0.4) is 0 Å². The maximum atomic E-state index is 13.1. The normalized spacial score (nSPS) is 11.2. The lowest BCUT2D eigenvalue weighted by molar-refractivity contribution is 0.625. The molecule has 0 aliphatic heterocycles. The number of rotatable bonds is 4. The van der Waals surface area contributed by atoms with Crippen molar-refractivity contribution in [2.45, 2.75) is 26.3 Å². The van der Waals surface area contributed by atoms with Gasteiger partial charge in [-0.15, -0.1) is 24.0 Å². The van der Waals surface area contributed by atoms with E-state index in [1.807, 2.05) is 18.2 Å². The Morgan fingerprint density at radius 3 is 2.59 bits per heavy atom. The van der Waals surface area contributed by atoms with Crippen molar-refractivity contribution in [3.8, 4) is 0 Å². The van der Waals surface area contributed by atoms with Crippen LogP contribution in [0.5, 0.6) is 0 Å². The molecule has 3 nitrogen and oxygen atoms in total. The molecule has 5 heteroatoms. The van der Waals surface area contributed by atoms with Gasteiger partial charge in [0.15, 0.2) is 5.96 Å². The van der Waals surface area contributed by atoms with Crippen molar-refractivity contribution in [3.63, 3.8) is 0 Å². The molecular weight excluding hydrogens is 392 g/mol. The zero-order chi connectivity index (χ0) is 15.2. The lowest BCUT2D eigenvalue weighted by Crippen LogP contribution is -2.22. The number of nitrogens with one attached hydrogen (secondary N) is 1. The first-order valence-corrected chi connectivity index (χ1v) is 6.96. The fourth-order valence-corrected chi connectivity index (χ4v) is 1.97. The third-order valence-corrected chi connectivity index (χ3v) is 3.15. The molecule has 0 unspecified atom stereocenters. The second-order valence-electron chi connectivity index (χ2n) is 5.24. The molecule has 118 valence electrons. The maximum absolute atomic E-state index is 13.1. The summed E-state index contributed by atoms with van der Waals surface area (Å²) in [6.45, 7) is 4.63. The van der Waals surface area contributed by atoms with E-state index in [0.29, 0.717) is 18.4 Å². The summed E-state index contributed by atoms with van der Waals surface area (Å²) in [6.07, 6.45) is 0. The van der Waals surface area contributed by atoms with Crippen LogP contribution in [0.1, 0.15) is 30.9 Å². The molecule has 0 aliphatic rings. The summed E-state index contributed by atoms with van der Waals surface area (Å²) in [4.78, 5) is 4.22. The first-order valence-electron chi connectivity index (χ1n) is 6.96. The summed E-state index contributed by atoms with van der Waals surface area (Å²) in [5.74, 6) is 0.510. The highest BCUT2D eigenvalue weighted by Gasteiger charge is 2.01. The highest BCUT2D eigenvalue weighted by Crippen LogP contribution is 2.18. The molecule has 0 bridgehead atoms. The van der Waals surface area contributed by atoms with Crippen LogP contribution in [0, 0.1) is 5.82 Å². The molecule has 0 saturated heterocycles. The van der Waals surface area contributed by atoms with Gasteiger partial charge in [-0.25, -0.2) is 9.38 Å². The number of guanidine groups is 1. The van der Waals surface area contributed by atoms with Gasteiger partial charge in [-0.1, -0.05) is 38.1 Å². The quantitative estimate of drug-likeness (QED) is 0.441. The monoisotopic (exact) mass is 413 g/mol. The molecule has 22 heavy (non-hydrogen) atoms. The average Bonchev–Trinajstić information content (AvgIpc) is 2.45. The number of aliphatic imine (C=N–C) groups is 1. The van der Waals surface area contributed by atoms with Crippen molar-refractivity contribution in [2.75, 3.05) is 5.32 Å². The molecule has 3 N–H and O–H groups in total. The van der Waals surface area contributed by atoms with Crippen molar-refractivity contribution in [1.29, 1.82) is 0 Å². The Labute approximate surface area is 147 Å². The van der Waals surface area contributed by atoms with E-state index in [-0.39, 0.29) is 29.8 Å². The number of benzene rings is 2. The van der Waals surface area contributed by atoms with E-state index in [9.17, 15) is 4.39 Å². The van der Waals surface area contributed by atoms with Gasteiger partial charge < -0.3 is 11.1 Å². The van der Waals surface area contributed by atoms with Gasteiger partial charge in [-0.05, 0) is 41.3 Å². The Kier molecular flexibility index (Phi) is 7.31. The van der Waals surface area contributed by atoms with Gasteiger partial charge in [0.05, 0.1) is 6.54 Å². The predicted octanol–water partition coefficient (Wildman–Crippen LogP) is 4.49. The zero-order valence-corrected chi connectivity index (χ0v) is 15.0. The van der Waals surface area contributed by atoms with Crippen molar-refractivity contribution in [3.05, 3.63) is 65.5 Å². The number of halogens is 2. The highest BCUT2D eigenvalue weighted by molar-refractivity contribution is 14.0. The number of hydrogen-bond acceptors (Lipinski definition) is 1. The van der Waals surface area contributed by atoms with E-state index >= 15 is 0 Å². The Hall–Kier alpha value is -1.63. The molecule has 0 atom stereocenters. The summed E-state index contributed by atoms with van der Waals surface area (Å²) in [5.41, 5.74) is 8.79. The minimum Gasteiger partial charge on any atom is -0.370 e. The first-order chi connectivity index (χ1) is 10.0. The van der Waals surface area contributed by atoms with Crippen molar-refractivity contribution >= 4 is 35.6 Å². The molecule has 0 radical (unpaired) electrons. The summed E-state index contributed by atoms with van der Waals surface area (Å²) in [7, 11) is 0. The molecule has 0 amide bonds. The van der Waals surface area contributed by atoms with Gasteiger partial charge >= 0.3 is 0 Å². The van der Waals surface area contributed by atoms with Crippen LogP contribution in [0.25, 0.3) is 0 Å². The third-order valence-electron chi connectivity index (χ3n) is 3.15. The van der Waals surface area contributed by atoms with E-state index in [1.54, 1.807) is 6.07 Å². The highest BCUT2D eigenvalue weighted by atomic mass is 127. The molecule has 0 aliphatic carbocycles. The largest absolute Gasteiger partial charge is 0.370 e. The van der Waals surface area contributed by atoms with Crippen LogP contribution in [-0.2, 0) is 6.54 Å². The number of hydrogen-bond donors (Lipinski definition) is 2. The summed E-state index contributed by atoms with van der Waals surface area (Å²) in [5, 5.41) is 3.06. The van der Waals surface area contributed by atoms with Crippen molar-refractivity contribution < 1.29 is 4.39 Å². The minimum absolute atomic E-state index is 0.